The molecule has 0 unspecified atom stereocenters. The van der Waals surface area contributed by atoms with Gasteiger partial charge in [0.15, 0.2) is 0 Å². The largest absolute Gasteiger partial charge is 0.494 e. The maximum Gasteiger partial charge on any atom is 0.253 e. The van der Waals surface area contributed by atoms with Gasteiger partial charge in [0.25, 0.3) is 5.56 Å². The molecule has 3 rings (SSSR count). The summed E-state index contributed by atoms with van der Waals surface area (Å²) in [6.45, 7) is 4.52. The molecule has 24 heavy (non-hydrogen) atoms. The summed E-state index contributed by atoms with van der Waals surface area (Å²) >= 11 is 0. The standard InChI is InChI=1S/C19H19FN2O2/c1-3-24-16-7-5-13-8-14(19(23)22-18(13)10-16)11-21-15-6-4-12(2)17(20)9-15/h4-10,21H,3,11H2,1-2H3,(H,22,23). The average molecular weight is 326 g/mol. The van der Waals surface area contributed by atoms with Crippen molar-refractivity contribution in [3.63, 3.8) is 0 Å². The molecule has 124 valence electrons. The van der Waals surface area contributed by atoms with Crippen molar-refractivity contribution in [1.82, 2.24) is 4.98 Å². The van der Waals surface area contributed by atoms with E-state index in [-0.39, 0.29) is 11.4 Å². The summed E-state index contributed by atoms with van der Waals surface area (Å²) in [5, 5.41) is 4.00. The number of aromatic nitrogens is 1. The Kier molecular flexibility index (Phi) is 4.51. The number of anilines is 1. The minimum absolute atomic E-state index is 0.170. The van der Waals surface area contributed by atoms with Crippen LogP contribution < -0.4 is 15.6 Å². The number of fused-ring (bicyclic) bond motifs is 1. The number of halogens is 1. The highest BCUT2D eigenvalue weighted by Crippen LogP contribution is 2.19. The van der Waals surface area contributed by atoms with Crippen molar-refractivity contribution in [2.24, 2.45) is 0 Å². The molecule has 1 heterocycles. The molecule has 0 bridgehead atoms. The predicted octanol–water partition coefficient (Wildman–Crippen LogP) is 3.99. The van der Waals surface area contributed by atoms with Gasteiger partial charge in [-0.3, -0.25) is 4.79 Å². The molecule has 0 saturated heterocycles. The van der Waals surface area contributed by atoms with Crippen LogP contribution in [0.15, 0.2) is 47.3 Å². The Labute approximate surface area is 139 Å². The first-order valence-electron chi connectivity index (χ1n) is 7.85. The van der Waals surface area contributed by atoms with Crippen molar-refractivity contribution in [3.05, 3.63) is 69.8 Å². The highest BCUT2D eigenvalue weighted by atomic mass is 19.1. The first kappa shape index (κ1) is 16.1. The number of H-pyrrole nitrogens is 1. The van der Waals surface area contributed by atoms with E-state index < -0.39 is 0 Å². The van der Waals surface area contributed by atoms with Crippen LogP contribution in [-0.4, -0.2) is 11.6 Å². The fourth-order valence-electron chi connectivity index (χ4n) is 2.51. The molecule has 0 aliphatic rings. The van der Waals surface area contributed by atoms with Crippen LogP contribution in [-0.2, 0) is 6.54 Å². The summed E-state index contributed by atoms with van der Waals surface area (Å²) in [5.41, 5.74) is 2.39. The molecule has 0 aliphatic heterocycles. The summed E-state index contributed by atoms with van der Waals surface area (Å²) in [6, 6.07) is 12.4. The number of ether oxygens (including phenoxy) is 1. The Morgan fingerprint density at radius 2 is 2.00 bits per heavy atom. The number of aromatic amines is 1. The zero-order chi connectivity index (χ0) is 17.1. The number of hydrogen-bond acceptors (Lipinski definition) is 3. The predicted molar refractivity (Wildman–Crippen MR) is 94.2 cm³/mol. The molecule has 0 fully saturated rings. The van der Waals surface area contributed by atoms with Crippen molar-refractivity contribution in [2.75, 3.05) is 11.9 Å². The lowest BCUT2D eigenvalue weighted by molar-refractivity contribution is 0.340. The van der Waals surface area contributed by atoms with E-state index in [4.69, 9.17) is 4.74 Å². The van der Waals surface area contributed by atoms with Gasteiger partial charge in [0.05, 0.1) is 12.1 Å². The smallest absolute Gasteiger partial charge is 0.253 e. The average Bonchev–Trinajstić information content (AvgIpc) is 2.56. The molecule has 3 aromatic rings. The highest BCUT2D eigenvalue weighted by molar-refractivity contribution is 5.80. The Hall–Kier alpha value is -2.82. The zero-order valence-electron chi connectivity index (χ0n) is 13.7. The quantitative estimate of drug-likeness (QED) is 0.745. The molecule has 0 atom stereocenters. The normalized spacial score (nSPS) is 10.8. The van der Waals surface area contributed by atoms with E-state index in [2.05, 4.69) is 10.3 Å². The molecule has 0 amide bonds. The van der Waals surface area contributed by atoms with Gasteiger partial charge in [-0.1, -0.05) is 6.07 Å². The van der Waals surface area contributed by atoms with Crippen molar-refractivity contribution in [2.45, 2.75) is 20.4 Å². The van der Waals surface area contributed by atoms with E-state index in [1.54, 1.807) is 19.1 Å². The molecular weight excluding hydrogens is 307 g/mol. The van der Waals surface area contributed by atoms with Gasteiger partial charge in [0.1, 0.15) is 11.6 Å². The maximum atomic E-state index is 13.6. The third-order valence-corrected chi connectivity index (χ3v) is 3.86. The third kappa shape index (κ3) is 3.40. The molecular formula is C19H19FN2O2. The van der Waals surface area contributed by atoms with Crippen LogP contribution in [0.4, 0.5) is 10.1 Å². The molecule has 5 heteroatoms. The van der Waals surface area contributed by atoms with Crippen LogP contribution in [0.3, 0.4) is 0 Å². The fraction of sp³-hybridized carbons (Fsp3) is 0.211. The first-order valence-corrected chi connectivity index (χ1v) is 7.85. The summed E-state index contributed by atoms with van der Waals surface area (Å²) < 4.78 is 19.0. The number of nitrogens with one attached hydrogen (secondary N) is 2. The van der Waals surface area contributed by atoms with Crippen LogP contribution in [0.2, 0.25) is 0 Å². The molecule has 2 N–H and O–H groups in total. The summed E-state index contributed by atoms with van der Waals surface area (Å²) in [6.07, 6.45) is 0. The number of aryl methyl sites for hydroxylation is 1. The van der Waals surface area contributed by atoms with Crippen LogP contribution in [0.5, 0.6) is 5.75 Å². The summed E-state index contributed by atoms with van der Waals surface area (Å²) in [7, 11) is 0. The van der Waals surface area contributed by atoms with E-state index >= 15 is 0 Å². The first-order chi connectivity index (χ1) is 11.6. The summed E-state index contributed by atoms with van der Waals surface area (Å²) in [5.74, 6) is 0.456. The molecule has 0 spiro atoms. The van der Waals surface area contributed by atoms with E-state index in [9.17, 15) is 9.18 Å². The zero-order valence-corrected chi connectivity index (χ0v) is 13.7. The van der Waals surface area contributed by atoms with Gasteiger partial charge in [-0.05, 0) is 55.1 Å². The second kappa shape index (κ2) is 6.74. The molecule has 1 aromatic heterocycles. The minimum Gasteiger partial charge on any atom is -0.494 e. The van der Waals surface area contributed by atoms with Gasteiger partial charge < -0.3 is 15.0 Å². The maximum absolute atomic E-state index is 13.6. The monoisotopic (exact) mass is 326 g/mol. The van der Waals surface area contributed by atoms with Gasteiger partial charge in [0.2, 0.25) is 0 Å². The SMILES string of the molecule is CCOc1ccc2cc(CNc3ccc(C)c(F)c3)c(=O)[nH]c2c1. The lowest BCUT2D eigenvalue weighted by Gasteiger charge is -2.09. The van der Waals surface area contributed by atoms with E-state index in [1.165, 1.54) is 6.07 Å². The highest BCUT2D eigenvalue weighted by Gasteiger charge is 2.05. The van der Waals surface area contributed by atoms with Crippen LogP contribution >= 0.6 is 0 Å². The Morgan fingerprint density at radius 3 is 2.75 bits per heavy atom. The second-order valence-electron chi connectivity index (χ2n) is 5.62. The molecule has 0 saturated carbocycles. The van der Waals surface area contributed by atoms with Crippen LogP contribution in [0, 0.1) is 12.7 Å². The van der Waals surface area contributed by atoms with Crippen molar-refractivity contribution in [1.29, 1.82) is 0 Å². The lowest BCUT2D eigenvalue weighted by Crippen LogP contribution is -2.15. The van der Waals surface area contributed by atoms with Crippen LogP contribution in [0.1, 0.15) is 18.1 Å². The van der Waals surface area contributed by atoms with Gasteiger partial charge >= 0.3 is 0 Å². The number of benzene rings is 2. The summed E-state index contributed by atoms with van der Waals surface area (Å²) in [4.78, 5) is 15.1. The van der Waals surface area contributed by atoms with E-state index in [0.29, 0.717) is 30.0 Å². The second-order valence-corrected chi connectivity index (χ2v) is 5.62. The van der Waals surface area contributed by atoms with Crippen molar-refractivity contribution in [3.8, 4) is 5.75 Å². The minimum atomic E-state index is -0.268. The molecule has 0 radical (unpaired) electrons. The molecule has 0 aliphatic carbocycles. The van der Waals surface area contributed by atoms with Crippen LogP contribution in [0.25, 0.3) is 10.9 Å². The number of rotatable bonds is 5. The Bertz CT molecular complexity index is 934. The fourth-order valence-corrected chi connectivity index (χ4v) is 2.51. The molecule has 4 nitrogen and oxygen atoms in total. The van der Waals surface area contributed by atoms with Gasteiger partial charge in [-0.15, -0.1) is 0 Å². The Morgan fingerprint density at radius 1 is 1.17 bits per heavy atom. The van der Waals surface area contributed by atoms with Gasteiger partial charge in [-0.25, -0.2) is 4.39 Å². The number of hydrogen-bond donors (Lipinski definition) is 2. The topological polar surface area (TPSA) is 54.1 Å². The molecule has 2 aromatic carbocycles. The number of pyridine rings is 1. The van der Waals surface area contributed by atoms with E-state index in [1.807, 2.05) is 31.2 Å². The van der Waals surface area contributed by atoms with E-state index in [0.717, 1.165) is 16.7 Å². The van der Waals surface area contributed by atoms with Gasteiger partial charge in [0, 0.05) is 23.9 Å². The Balaban J connectivity index is 1.84. The third-order valence-electron chi connectivity index (χ3n) is 3.86. The lowest BCUT2D eigenvalue weighted by atomic mass is 10.1. The van der Waals surface area contributed by atoms with Gasteiger partial charge in [-0.2, -0.15) is 0 Å². The van der Waals surface area contributed by atoms with Crippen molar-refractivity contribution >= 4 is 16.6 Å². The van der Waals surface area contributed by atoms with Crippen molar-refractivity contribution < 1.29 is 9.13 Å².